The van der Waals surface area contributed by atoms with Crippen molar-refractivity contribution >= 4 is 51.9 Å². The van der Waals surface area contributed by atoms with Crippen molar-refractivity contribution < 1.29 is 4.79 Å². The van der Waals surface area contributed by atoms with Crippen LogP contribution in [0.2, 0.25) is 5.02 Å². The van der Waals surface area contributed by atoms with Crippen molar-refractivity contribution in [3.8, 4) is 0 Å². The van der Waals surface area contributed by atoms with Gasteiger partial charge in [0.05, 0.1) is 5.69 Å². The summed E-state index contributed by atoms with van der Waals surface area (Å²) in [5.41, 5.74) is 3.52. The molecule has 0 spiro atoms. The van der Waals surface area contributed by atoms with E-state index in [2.05, 4.69) is 36.1 Å². The highest BCUT2D eigenvalue weighted by molar-refractivity contribution is 8.19. The van der Waals surface area contributed by atoms with E-state index in [1.54, 1.807) is 11.8 Å². The lowest BCUT2D eigenvalue weighted by atomic mass is 10.1. The predicted octanol–water partition coefficient (Wildman–Crippen LogP) is 6.86. The Morgan fingerprint density at radius 1 is 0.857 bits per heavy atom. The second-order valence-electron chi connectivity index (χ2n) is 8.29. The first-order chi connectivity index (χ1) is 17.1. The molecular formula is C28H26ClN3OS2. The predicted molar refractivity (Wildman–Crippen MR) is 149 cm³/mol. The maximum atomic E-state index is 13.7. The SMILES string of the molecule is CCN1C(=C2SC(=NCCc3ccccc3)N(CCc3ccccc3)C2=O)Sc2ccc(Cl)cc21. The Morgan fingerprint density at radius 3 is 2.23 bits per heavy atom. The number of nitrogens with zero attached hydrogens (tertiary/aromatic N) is 3. The van der Waals surface area contributed by atoms with Crippen LogP contribution in [0.4, 0.5) is 5.69 Å². The summed E-state index contributed by atoms with van der Waals surface area (Å²) in [6.07, 6.45) is 1.63. The number of carbonyl (C=O) groups is 1. The first-order valence-electron chi connectivity index (χ1n) is 11.7. The van der Waals surface area contributed by atoms with Crippen molar-refractivity contribution in [3.05, 3.63) is 105 Å². The van der Waals surface area contributed by atoms with Gasteiger partial charge in [-0.1, -0.05) is 84.0 Å². The lowest BCUT2D eigenvalue weighted by Gasteiger charge is -2.19. The Hall–Kier alpha value is -2.67. The maximum Gasteiger partial charge on any atom is 0.269 e. The maximum absolute atomic E-state index is 13.7. The van der Waals surface area contributed by atoms with E-state index in [1.165, 1.54) is 22.9 Å². The Bertz CT molecular complexity index is 1280. The lowest BCUT2D eigenvalue weighted by molar-refractivity contribution is -0.122. The second-order valence-corrected chi connectivity index (χ2v) is 10.7. The molecule has 0 aliphatic carbocycles. The molecule has 2 heterocycles. The fourth-order valence-electron chi connectivity index (χ4n) is 4.20. The Labute approximate surface area is 220 Å². The number of hydrogen-bond donors (Lipinski definition) is 0. The molecule has 1 fully saturated rings. The third-order valence-corrected chi connectivity index (χ3v) is 8.65. The normalized spacial score (nSPS) is 18.6. The van der Waals surface area contributed by atoms with Crippen LogP contribution in [0.3, 0.4) is 0 Å². The Morgan fingerprint density at radius 2 is 1.54 bits per heavy atom. The molecule has 0 atom stereocenters. The number of amidine groups is 1. The zero-order valence-electron chi connectivity index (χ0n) is 19.5. The smallest absolute Gasteiger partial charge is 0.269 e. The molecule has 4 nitrogen and oxygen atoms in total. The minimum absolute atomic E-state index is 0.0317. The summed E-state index contributed by atoms with van der Waals surface area (Å²) in [5.74, 6) is 0.0317. The van der Waals surface area contributed by atoms with Gasteiger partial charge in [-0.25, -0.2) is 0 Å². The van der Waals surface area contributed by atoms with E-state index >= 15 is 0 Å². The minimum atomic E-state index is 0.0317. The number of amides is 1. The molecule has 0 radical (unpaired) electrons. The monoisotopic (exact) mass is 519 g/mol. The van der Waals surface area contributed by atoms with E-state index in [0.717, 1.165) is 45.1 Å². The van der Waals surface area contributed by atoms with E-state index in [9.17, 15) is 4.79 Å². The summed E-state index contributed by atoms with van der Waals surface area (Å²) < 4.78 is 0. The third-order valence-electron chi connectivity index (χ3n) is 5.99. The molecule has 0 unspecified atom stereocenters. The molecule has 7 heteroatoms. The van der Waals surface area contributed by atoms with Crippen LogP contribution in [0.5, 0.6) is 0 Å². The van der Waals surface area contributed by atoms with Gasteiger partial charge in [0.2, 0.25) is 0 Å². The van der Waals surface area contributed by atoms with Crippen LogP contribution in [-0.4, -0.2) is 35.6 Å². The standard InChI is InChI=1S/C28H26ClN3OS2/c1-2-31-23-19-22(29)13-14-24(23)34-27(31)25-26(33)32(18-16-21-11-7-4-8-12-21)28(35-25)30-17-15-20-9-5-3-6-10-20/h3-14,19H,2,15-18H2,1H3. The Balaban J connectivity index is 1.43. The number of benzene rings is 3. The molecule has 0 aromatic heterocycles. The summed E-state index contributed by atoms with van der Waals surface area (Å²) in [7, 11) is 0. The van der Waals surface area contributed by atoms with Crippen LogP contribution in [0, 0.1) is 0 Å². The molecular weight excluding hydrogens is 494 g/mol. The van der Waals surface area contributed by atoms with Crippen LogP contribution < -0.4 is 4.90 Å². The van der Waals surface area contributed by atoms with Crippen molar-refractivity contribution in [2.45, 2.75) is 24.7 Å². The quantitative estimate of drug-likeness (QED) is 0.319. The molecule has 178 valence electrons. The topological polar surface area (TPSA) is 35.9 Å². The van der Waals surface area contributed by atoms with Crippen LogP contribution in [0.25, 0.3) is 0 Å². The van der Waals surface area contributed by atoms with Gasteiger partial charge < -0.3 is 4.90 Å². The zero-order valence-corrected chi connectivity index (χ0v) is 21.9. The number of fused-ring (bicyclic) bond motifs is 1. The van der Waals surface area contributed by atoms with Crippen LogP contribution in [0.1, 0.15) is 18.1 Å². The average Bonchev–Trinajstić information content (AvgIpc) is 3.40. The number of thioether (sulfide) groups is 2. The molecule has 3 aromatic rings. The highest BCUT2D eigenvalue weighted by Gasteiger charge is 2.39. The summed E-state index contributed by atoms with van der Waals surface area (Å²) in [6.45, 7) is 4.11. The van der Waals surface area contributed by atoms with Crippen LogP contribution >= 0.6 is 35.1 Å². The number of halogens is 1. The van der Waals surface area contributed by atoms with Crippen molar-refractivity contribution in [1.82, 2.24) is 4.90 Å². The first-order valence-corrected chi connectivity index (χ1v) is 13.8. The number of carbonyl (C=O) groups excluding carboxylic acids is 1. The van der Waals surface area contributed by atoms with Crippen molar-refractivity contribution in [2.75, 3.05) is 24.5 Å². The largest absolute Gasteiger partial charge is 0.334 e. The van der Waals surface area contributed by atoms with Gasteiger partial charge >= 0.3 is 0 Å². The highest BCUT2D eigenvalue weighted by atomic mass is 35.5. The molecule has 3 aromatic carbocycles. The van der Waals surface area contributed by atoms with Crippen molar-refractivity contribution in [3.63, 3.8) is 0 Å². The van der Waals surface area contributed by atoms with Crippen molar-refractivity contribution in [1.29, 1.82) is 0 Å². The van der Waals surface area contributed by atoms with Gasteiger partial charge in [-0.3, -0.25) is 14.7 Å². The molecule has 35 heavy (non-hydrogen) atoms. The molecule has 2 aliphatic rings. The van der Waals surface area contributed by atoms with E-state index < -0.39 is 0 Å². The van der Waals surface area contributed by atoms with Gasteiger partial charge in [0.1, 0.15) is 9.93 Å². The average molecular weight is 520 g/mol. The number of rotatable bonds is 7. The zero-order chi connectivity index (χ0) is 24.2. The number of anilines is 1. The minimum Gasteiger partial charge on any atom is -0.334 e. The first kappa shape index (κ1) is 24.0. The molecule has 1 amide bonds. The van der Waals surface area contributed by atoms with E-state index in [1.807, 2.05) is 59.5 Å². The molecule has 2 aliphatic heterocycles. The fourth-order valence-corrected chi connectivity index (χ4v) is 6.77. The van der Waals surface area contributed by atoms with E-state index in [0.29, 0.717) is 18.1 Å². The summed E-state index contributed by atoms with van der Waals surface area (Å²) >= 11 is 9.42. The van der Waals surface area contributed by atoms with Gasteiger partial charge in [0, 0.05) is 29.6 Å². The van der Waals surface area contributed by atoms with Crippen LogP contribution in [0.15, 0.2) is 98.7 Å². The van der Waals surface area contributed by atoms with E-state index in [4.69, 9.17) is 16.6 Å². The molecule has 0 bridgehead atoms. The van der Waals surface area contributed by atoms with Gasteiger partial charge in [0.25, 0.3) is 5.91 Å². The summed E-state index contributed by atoms with van der Waals surface area (Å²) in [5, 5.41) is 2.46. The molecule has 0 N–H and O–H groups in total. The summed E-state index contributed by atoms with van der Waals surface area (Å²) in [6, 6.07) is 26.6. The fraction of sp³-hybridized carbons (Fsp3) is 0.214. The van der Waals surface area contributed by atoms with Gasteiger partial charge in [0.15, 0.2) is 5.17 Å². The number of aliphatic imine (C=N–C) groups is 1. The lowest BCUT2D eigenvalue weighted by Crippen LogP contribution is -2.32. The Kier molecular flexibility index (Phi) is 7.51. The third kappa shape index (κ3) is 5.30. The van der Waals surface area contributed by atoms with Crippen molar-refractivity contribution in [2.24, 2.45) is 4.99 Å². The van der Waals surface area contributed by atoms with Gasteiger partial charge in [-0.15, -0.1) is 0 Å². The second kappa shape index (κ2) is 10.9. The highest BCUT2D eigenvalue weighted by Crippen LogP contribution is 2.51. The molecule has 5 rings (SSSR count). The van der Waals surface area contributed by atoms with Gasteiger partial charge in [-0.2, -0.15) is 0 Å². The van der Waals surface area contributed by atoms with E-state index in [-0.39, 0.29) is 5.91 Å². The molecule has 0 saturated carbocycles. The van der Waals surface area contributed by atoms with Crippen LogP contribution in [-0.2, 0) is 17.6 Å². The summed E-state index contributed by atoms with van der Waals surface area (Å²) in [4.78, 5) is 24.6. The number of hydrogen-bond acceptors (Lipinski definition) is 5. The molecule has 1 saturated heterocycles. The van der Waals surface area contributed by atoms with Gasteiger partial charge in [-0.05, 0) is 60.9 Å².